The maximum absolute atomic E-state index is 13.0. The summed E-state index contributed by atoms with van der Waals surface area (Å²) in [7, 11) is -3.85. The van der Waals surface area contributed by atoms with Crippen molar-refractivity contribution < 1.29 is 13.3 Å². The van der Waals surface area contributed by atoms with Crippen molar-refractivity contribution in [2.24, 2.45) is 0 Å². The molecule has 0 saturated heterocycles. The number of nitrogens with zero attached hydrogens (tertiary/aromatic N) is 2. The molecule has 120 valence electrons. The van der Waals surface area contributed by atoms with E-state index in [9.17, 15) is 18.5 Å². The van der Waals surface area contributed by atoms with Gasteiger partial charge < -0.3 is 0 Å². The first-order valence-electron chi connectivity index (χ1n) is 7.10. The monoisotopic (exact) mass is 332 g/mol. The van der Waals surface area contributed by atoms with Crippen LogP contribution in [0.4, 0.5) is 11.4 Å². The molecule has 2 aromatic carbocycles. The van der Waals surface area contributed by atoms with E-state index >= 15 is 0 Å². The highest BCUT2D eigenvalue weighted by Gasteiger charge is 2.41. The van der Waals surface area contributed by atoms with Crippen LogP contribution in [0.25, 0.3) is 0 Å². The third-order valence-electron chi connectivity index (χ3n) is 4.06. The van der Waals surface area contributed by atoms with Crippen LogP contribution in [0.1, 0.15) is 19.4 Å². The van der Waals surface area contributed by atoms with Crippen LogP contribution in [-0.4, -0.2) is 19.9 Å². The fourth-order valence-electron chi connectivity index (χ4n) is 2.89. The molecular formula is C16H16N2O4S. The molecule has 3 rings (SSSR count). The second-order valence-corrected chi connectivity index (χ2v) is 8.03. The van der Waals surface area contributed by atoms with Gasteiger partial charge in [-0.05, 0) is 17.7 Å². The fourth-order valence-corrected chi connectivity index (χ4v) is 4.58. The predicted molar refractivity (Wildman–Crippen MR) is 87.1 cm³/mol. The molecule has 0 aromatic heterocycles. The molecule has 0 N–H and O–H groups in total. The van der Waals surface area contributed by atoms with Crippen LogP contribution in [0.2, 0.25) is 0 Å². The molecule has 0 radical (unpaired) electrons. The predicted octanol–water partition coefficient (Wildman–Crippen LogP) is 3.08. The number of anilines is 1. The summed E-state index contributed by atoms with van der Waals surface area (Å²) < 4.78 is 27.3. The van der Waals surface area contributed by atoms with Crippen molar-refractivity contribution in [1.29, 1.82) is 0 Å². The highest BCUT2D eigenvalue weighted by atomic mass is 32.2. The number of nitro groups is 1. The molecule has 1 aliphatic heterocycles. The minimum Gasteiger partial charge on any atom is -0.265 e. The highest BCUT2D eigenvalue weighted by molar-refractivity contribution is 7.92. The van der Waals surface area contributed by atoms with Crippen LogP contribution >= 0.6 is 0 Å². The van der Waals surface area contributed by atoms with Gasteiger partial charge in [0.15, 0.2) is 0 Å². The average Bonchev–Trinajstić information content (AvgIpc) is 2.80. The second-order valence-electron chi connectivity index (χ2n) is 6.17. The quantitative estimate of drug-likeness (QED) is 0.639. The van der Waals surface area contributed by atoms with Gasteiger partial charge in [-0.1, -0.05) is 38.1 Å². The van der Waals surface area contributed by atoms with E-state index in [1.54, 1.807) is 12.1 Å². The Bertz CT molecular complexity index is 890. The Balaban J connectivity index is 2.12. The SMILES string of the molecule is CC1(C)CN(S(=O)(=O)c2cccc([N+](=O)[O-])c2)c2ccccc21. The minimum atomic E-state index is -3.85. The van der Waals surface area contributed by atoms with Gasteiger partial charge in [0.1, 0.15) is 0 Å². The fraction of sp³-hybridized carbons (Fsp3) is 0.250. The van der Waals surface area contributed by atoms with Gasteiger partial charge in [0, 0.05) is 24.1 Å². The molecular weight excluding hydrogens is 316 g/mol. The van der Waals surface area contributed by atoms with Crippen molar-refractivity contribution in [2.75, 3.05) is 10.8 Å². The van der Waals surface area contributed by atoms with Crippen LogP contribution < -0.4 is 4.31 Å². The zero-order chi connectivity index (χ0) is 16.8. The summed E-state index contributed by atoms with van der Waals surface area (Å²) in [6.45, 7) is 4.26. The number of sulfonamides is 1. The lowest BCUT2D eigenvalue weighted by Crippen LogP contribution is -2.34. The Morgan fingerprint density at radius 3 is 2.52 bits per heavy atom. The first-order chi connectivity index (χ1) is 10.7. The number of fused-ring (bicyclic) bond motifs is 1. The largest absolute Gasteiger partial charge is 0.270 e. The molecule has 0 fully saturated rings. The standard InChI is InChI=1S/C16H16N2O4S/c1-16(2)11-17(15-9-4-3-8-14(15)16)23(21,22)13-7-5-6-12(10-13)18(19)20/h3-10H,11H2,1-2H3. The Labute approximate surface area is 134 Å². The van der Waals surface area contributed by atoms with Crippen molar-refractivity contribution in [3.05, 3.63) is 64.2 Å². The van der Waals surface area contributed by atoms with E-state index in [1.165, 1.54) is 22.5 Å². The first-order valence-corrected chi connectivity index (χ1v) is 8.54. The van der Waals surface area contributed by atoms with E-state index in [1.807, 2.05) is 26.0 Å². The maximum Gasteiger partial charge on any atom is 0.270 e. The van der Waals surface area contributed by atoms with Crippen molar-refractivity contribution >= 4 is 21.4 Å². The number of para-hydroxylation sites is 1. The molecule has 0 amide bonds. The molecule has 1 heterocycles. The number of hydrogen-bond donors (Lipinski definition) is 0. The van der Waals surface area contributed by atoms with Crippen molar-refractivity contribution in [3.63, 3.8) is 0 Å². The van der Waals surface area contributed by atoms with Crippen LogP contribution in [0.5, 0.6) is 0 Å². The Kier molecular flexibility index (Phi) is 3.40. The van der Waals surface area contributed by atoms with Gasteiger partial charge in [-0.25, -0.2) is 8.42 Å². The van der Waals surface area contributed by atoms with E-state index in [4.69, 9.17) is 0 Å². The lowest BCUT2D eigenvalue weighted by atomic mass is 9.87. The van der Waals surface area contributed by atoms with Gasteiger partial charge in [0.25, 0.3) is 15.7 Å². The maximum atomic E-state index is 13.0. The van der Waals surface area contributed by atoms with Crippen LogP contribution in [0.15, 0.2) is 53.4 Å². The zero-order valence-electron chi connectivity index (χ0n) is 12.8. The van der Waals surface area contributed by atoms with E-state index in [2.05, 4.69) is 0 Å². The van der Waals surface area contributed by atoms with Crippen molar-refractivity contribution in [1.82, 2.24) is 0 Å². The van der Waals surface area contributed by atoms with Gasteiger partial charge >= 0.3 is 0 Å². The molecule has 0 spiro atoms. The topological polar surface area (TPSA) is 80.5 Å². The Hall–Kier alpha value is -2.41. The molecule has 0 saturated carbocycles. The summed E-state index contributed by atoms with van der Waals surface area (Å²) in [5.74, 6) is 0. The number of rotatable bonds is 3. The lowest BCUT2D eigenvalue weighted by molar-refractivity contribution is -0.385. The summed E-state index contributed by atoms with van der Waals surface area (Å²) in [4.78, 5) is 10.2. The van der Waals surface area contributed by atoms with Crippen LogP contribution in [-0.2, 0) is 15.4 Å². The van der Waals surface area contributed by atoms with Crippen LogP contribution in [0.3, 0.4) is 0 Å². The molecule has 23 heavy (non-hydrogen) atoms. The number of benzene rings is 2. The third kappa shape index (κ3) is 2.46. The van der Waals surface area contributed by atoms with Gasteiger partial charge in [-0.2, -0.15) is 0 Å². The molecule has 0 atom stereocenters. The van der Waals surface area contributed by atoms with E-state index in [0.717, 1.165) is 11.6 Å². The molecule has 7 heteroatoms. The number of non-ortho nitro benzene ring substituents is 1. The van der Waals surface area contributed by atoms with Gasteiger partial charge in [-0.3, -0.25) is 14.4 Å². The number of nitro benzene ring substituents is 1. The first kappa shape index (κ1) is 15.5. The summed E-state index contributed by atoms with van der Waals surface area (Å²) >= 11 is 0. The van der Waals surface area contributed by atoms with Gasteiger partial charge in [-0.15, -0.1) is 0 Å². The zero-order valence-corrected chi connectivity index (χ0v) is 13.6. The van der Waals surface area contributed by atoms with Gasteiger partial charge in [0.2, 0.25) is 0 Å². The summed E-state index contributed by atoms with van der Waals surface area (Å²) in [6, 6.07) is 12.5. The lowest BCUT2D eigenvalue weighted by Gasteiger charge is -2.22. The number of hydrogen-bond acceptors (Lipinski definition) is 4. The minimum absolute atomic E-state index is 0.0702. The average molecular weight is 332 g/mol. The molecule has 2 aromatic rings. The Morgan fingerprint density at radius 1 is 1.13 bits per heavy atom. The second kappa shape index (κ2) is 5.06. The van der Waals surface area contributed by atoms with E-state index in [0.29, 0.717) is 12.2 Å². The summed E-state index contributed by atoms with van der Waals surface area (Å²) in [5, 5.41) is 10.9. The molecule has 0 aliphatic carbocycles. The normalized spacial score (nSPS) is 16.2. The van der Waals surface area contributed by atoms with Crippen molar-refractivity contribution in [2.45, 2.75) is 24.2 Å². The Morgan fingerprint density at radius 2 is 1.83 bits per heavy atom. The van der Waals surface area contributed by atoms with E-state index < -0.39 is 14.9 Å². The van der Waals surface area contributed by atoms with Crippen LogP contribution in [0, 0.1) is 10.1 Å². The smallest absolute Gasteiger partial charge is 0.265 e. The molecule has 1 aliphatic rings. The van der Waals surface area contributed by atoms with Crippen molar-refractivity contribution in [3.8, 4) is 0 Å². The highest BCUT2D eigenvalue weighted by Crippen LogP contribution is 2.42. The molecule has 0 bridgehead atoms. The summed E-state index contributed by atoms with van der Waals surface area (Å²) in [5.41, 5.74) is 1.03. The summed E-state index contributed by atoms with van der Waals surface area (Å²) in [6.07, 6.45) is 0. The van der Waals surface area contributed by atoms with Gasteiger partial charge in [0.05, 0.1) is 15.5 Å². The third-order valence-corrected chi connectivity index (χ3v) is 5.81. The molecule has 6 nitrogen and oxygen atoms in total. The molecule has 0 unspecified atom stereocenters. The van der Waals surface area contributed by atoms with E-state index in [-0.39, 0.29) is 16.0 Å².